The maximum absolute atomic E-state index is 13.3. The Morgan fingerprint density at radius 3 is 2.43 bits per heavy atom. The number of hydrogen-bond acceptors (Lipinski definition) is 2. The summed E-state index contributed by atoms with van der Waals surface area (Å²) in [5.74, 6) is -0.308. The van der Waals surface area contributed by atoms with Crippen LogP contribution in [0.4, 0.5) is 5.69 Å². The number of nitrogens with one attached hydrogen (secondary N) is 1. The molecule has 2 heterocycles. The molecule has 0 aliphatic heterocycles. The van der Waals surface area contributed by atoms with Crippen molar-refractivity contribution in [2.45, 2.75) is 13.8 Å². The highest BCUT2D eigenvalue weighted by Crippen LogP contribution is 2.29. The number of rotatable bonds is 3. The molecule has 1 amide bonds. The second-order valence-corrected chi connectivity index (χ2v) is 7.53. The lowest BCUT2D eigenvalue weighted by atomic mass is 10.1. The lowest BCUT2D eigenvalue weighted by molar-refractivity contribution is 0.102. The lowest BCUT2D eigenvalue weighted by Gasteiger charge is -2.10. The van der Waals surface area contributed by atoms with Crippen LogP contribution in [-0.4, -0.2) is 15.3 Å². The normalized spacial score (nSPS) is 11.0. The van der Waals surface area contributed by atoms with E-state index < -0.39 is 0 Å². The summed E-state index contributed by atoms with van der Waals surface area (Å²) in [6.07, 6.45) is 1.90. The second kappa shape index (κ2) is 7.30. The van der Waals surface area contributed by atoms with Crippen LogP contribution in [-0.2, 0) is 0 Å². The number of imidazole rings is 1. The molecular weight excluding hydrogens is 393 g/mol. The van der Waals surface area contributed by atoms with Crippen LogP contribution in [0.25, 0.3) is 16.9 Å². The number of aryl methyl sites for hydroxylation is 2. The molecule has 4 nitrogen and oxygen atoms in total. The number of amides is 1. The first kappa shape index (κ1) is 18.5. The van der Waals surface area contributed by atoms with Crippen molar-refractivity contribution in [1.82, 2.24) is 9.38 Å². The van der Waals surface area contributed by atoms with E-state index in [2.05, 4.69) is 5.32 Å². The average Bonchev–Trinajstić information content (AvgIpc) is 3.04. The van der Waals surface area contributed by atoms with Gasteiger partial charge in [0.25, 0.3) is 5.91 Å². The zero-order valence-electron chi connectivity index (χ0n) is 15.3. The molecule has 0 bridgehead atoms. The molecule has 4 rings (SSSR count). The fraction of sp³-hybridized carbons (Fsp3) is 0.0909. The third-order valence-electron chi connectivity index (χ3n) is 4.48. The van der Waals surface area contributed by atoms with Gasteiger partial charge in [0.05, 0.1) is 10.7 Å². The van der Waals surface area contributed by atoms with Crippen LogP contribution in [0.15, 0.2) is 60.8 Å². The van der Waals surface area contributed by atoms with Gasteiger partial charge in [0.1, 0.15) is 17.0 Å². The lowest BCUT2D eigenvalue weighted by Crippen LogP contribution is -2.16. The van der Waals surface area contributed by atoms with E-state index >= 15 is 0 Å². The monoisotopic (exact) mass is 409 g/mol. The van der Waals surface area contributed by atoms with E-state index in [9.17, 15) is 4.79 Å². The average molecular weight is 410 g/mol. The van der Waals surface area contributed by atoms with Crippen LogP contribution in [0.1, 0.15) is 21.6 Å². The largest absolute Gasteiger partial charge is 0.319 e. The predicted molar refractivity (Wildman–Crippen MR) is 115 cm³/mol. The van der Waals surface area contributed by atoms with Crippen LogP contribution < -0.4 is 5.32 Å². The summed E-state index contributed by atoms with van der Waals surface area (Å²) in [4.78, 5) is 18.0. The molecule has 0 atom stereocenters. The summed E-state index contributed by atoms with van der Waals surface area (Å²) >= 11 is 12.3. The molecule has 0 radical (unpaired) electrons. The second-order valence-electron chi connectivity index (χ2n) is 6.69. The molecule has 2 aromatic carbocycles. The molecule has 0 fully saturated rings. The van der Waals surface area contributed by atoms with Crippen LogP contribution in [0, 0.1) is 13.8 Å². The summed E-state index contributed by atoms with van der Waals surface area (Å²) in [5, 5.41) is 3.78. The number of aromatic nitrogens is 2. The van der Waals surface area contributed by atoms with Gasteiger partial charge < -0.3 is 5.32 Å². The molecule has 2 aromatic heterocycles. The number of fused-ring (bicyclic) bond motifs is 1. The number of carbonyl (C=O) groups excluding carboxylic acids is 1. The molecule has 0 spiro atoms. The number of hydrogen-bond donors (Lipinski definition) is 1. The summed E-state index contributed by atoms with van der Waals surface area (Å²) in [6, 6.07) is 16.8. The van der Waals surface area contributed by atoms with Crippen molar-refractivity contribution in [3.63, 3.8) is 0 Å². The highest BCUT2D eigenvalue weighted by molar-refractivity contribution is 6.36. The van der Waals surface area contributed by atoms with E-state index in [0.717, 1.165) is 16.7 Å². The molecule has 6 heteroatoms. The number of nitrogens with zero attached hydrogens (tertiary/aromatic N) is 2. The Kier molecular flexibility index (Phi) is 4.84. The molecule has 0 unspecified atom stereocenters. The smallest absolute Gasteiger partial charge is 0.275 e. The first-order valence-electron chi connectivity index (χ1n) is 8.74. The Labute approximate surface area is 172 Å². The van der Waals surface area contributed by atoms with Crippen molar-refractivity contribution in [3.8, 4) is 11.3 Å². The Hall–Kier alpha value is -2.82. The summed E-state index contributed by atoms with van der Waals surface area (Å²) < 4.78 is 1.80. The maximum atomic E-state index is 13.3. The molecule has 0 aliphatic carbocycles. The minimum atomic E-state index is -0.308. The number of pyridine rings is 1. The summed E-state index contributed by atoms with van der Waals surface area (Å²) in [5.41, 5.74) is 5.24. The van der Waals surface area contributed by atoms with Gasteiger partial charge in [0.15, 0.2) is 0 Å². The molecule has 0 aliphatic rings. The zero-order chi connectivity index (χ0) is 19.8. The molecule has 0 saturated carbocycles. The van der Waals surface area contributed by atoms with Crippen LogP contribution in [0.5, 0.6) is 0 Å². The molecule has 4 aromatic rings. The van der Waals surface area contributed by atoms with E-state index in [-0.39, 0.29) is 5.91 Å². The molecular formula is C22H17Cl2N3O. The van der Waals surface area contributed by atoms with Crippen LogP contribution in [0.3, 0.4) is 0 Å². The minimum absolute atomic E-state index is 0.308. The Balaban J connectivity index is 1.87. The number of carbonyl (C=O) groups is 1. The van der Waals surface area contributed by atoms with Crippen molar-refractivity contribution in [2.24, 2.45) is 0 Å². The van der Waals surface area contributed by atoms with Crippen molar-refractivity contribution >= 4 is 40.4 Å². The number of benzene rings is 2. The van der Waals surface area contributed by atoms with Crippen molar-refractivity contribution in [2.75, 3.05) is 5.32 Å². The molecule has 0 saturated heterocycles. The first-order valence-corrected chi connectivity index (χ1v) is 9.50. The zero-order valence-corrected chi connectivity index (χ0v) is 16.8. The van der Waals surface area contributed by atoms with Gasteiger partial charge in [-0.2, -0.15) is 0 Å². The Bertz CT molecular complexity index is 1200. The topological polar surface area (TPSA) is 46.4 Å². The van der Waals surface area contributed by atoms with Gasteiger partial charge in [-0.25, -0.2) is 4.98 Å². The van der Waals surface area contributed by atoms with Crippen molar-refractivity contribution in [3.05, 3.63) is 87.7 Å². The third-order valence-corrected chi connectivity index (χ3v) is 5.05. The predicted octanol–water partition coefficient (Wildman–Crippen LogP) is 6.18. The van der Waals surface area contributed by atoms with Crippen LogP contribution >= 0.6 is 23.2 Å². The van der Waals surface area contributed by atoms with Gasteiger partial charge in [0.2, 0.25) is 0 Å². The molecule has 1 N–H and O–H groups in total. The van der Waals surface area contributed by atoms with Gasteiger partial charge >= 0.3 is 0 Å². The van der Waals surface area contributed by atoms with Gasteiger partial charge in [-0.05, 0) is 43.7 Å². The van der Waals surface area contributed by atoms with Gasteiger partial charge in [-0.1, -0.05) is 59.1 Å². The molecule has 28 heavy (non-hydrogen) atoms. The van der Waals surface area contributed by atoms with E-state index in [1.807, 2.05) is 56.4 Å². The van der Waals surface area contributed by atoms with Crippen LogP contribution in [0.2, 0.25) is 10.0 Å². The van der Waals surface area contributed by atoms with E-state index in [0.29, 0.717) is 32.8 Å². The molecule has 140 valence electrons. The van der Waals surface area contributed by atoms with Gasteiger partial charge in [-0.3, -0.25) is 9.20 Å². The first-order chi connectivity index (χ1) is 13.4. The summed E-state index contributed by atoms with van der Waals surface area (Å²) in [6.45, 7) is 3.99. The quantitative estimate of drug-likeness (QED) is 0.439. The van der Waals surface area contributed by atoms with Crippen molar-refractivity contribution < 1.29 is 4.79 Å². The fourth-order valence-corrected chi connectivity index (χ4v) is 3.39. The third kappa shape index (κ3) is 3.49. The maximum Gasteiger partial charge on any atom is 0.275 e. The van der Waals surface area contributed by atoms with E-state index in [4.69, 9.17) is 28.2 Å². The SMILES string of the molecule is Cc1ccc(-c2nc3ccc(C)cn3c2C(=O)Nc2cc(Cl)ccc2Cl)cc1. The van der Waals surface area contributed by atoms with E-state index in [1.165, 1.54) is 0 Å². The van der Waals surface area contributed by atoms with E-state index in [1.54, 1.807) is 22.6 Å². The number of halogens is 2. The number of anilines is 1. The highest BCUT2D eigenvalue weighted by atomic mass is 35.5. The minimum Gasteiger partial charge on any atom is -0.319 e. The fourth-order valence-electron chi connectivity index (χ4n) is 3.06. The standard InChI is InChI=1S/C22H17Cl2N3O/c1-13-3-6-15(7-4-13)20-21(27-12-14(2)5-10-19(27)26-20)22(28)25-18-11-16(23)8-9-17(18)24/h3-12H,1-2H3,(H,25,28). The Morgan fingerprint density at radius 2 is 1.68 bits per heavy atom. The Morgan fingerprint density at radius 1 is 0.964 bits per heavy atom. The van der Waals surface area contributed by atoms with Gasteiger partial charge in [-0.15, -0.1) is 0 Å². The summed E-state index contributed by atoms with van der Waals surface area (Å²) in [7, 11) is 0. The highest BCUT2D eigenvalue weighted by Gasteiger charge is 2.21. The van der Waals surface area contributed by atoms with Gasteiger partial charge in [0, 0.05) is 16.8 Å². The van der Waals surface area contributed by atoms with Crippen molar-refractivity contribution in [1.29, 1.82) is 0 Å².